The minimum Gasteiger partial charge on any atom is -0.378 e. The third-order valence-electron chi connectivity index (χ3n) is 5.19. The van der Waals surface area contributed by atoms with Crippen molar-refractivity contribution in [1.82, 2.24) is 9.78 Å². The second kappa shape index (κ2) is 7.28. The number of aromatic nitrogens is 2. The van der Waals surface area contributed by atoms with Crippen LogP contribution >= 0.6 is 11.6 Å². The van der Waals surface area contributed by atoms with E-state index in [1.807, 2.05) is 22.9 Å². The zero-order valence-corrected chi connectivity index (χ0v) is 16.8. The largest absolute Gasteiger partial charge is 0.378 e. The van der Waals surface area contributed by atoms with Crippen LogP contribution in [0, 0.1) is 6.92 Å². The highest BCUT2D eigenvalue weighted by molar-refractivity contribution is 6.30. The van der Waals surface area contributed by atoms with E-state index in [4.69, 9.17) is 16.7 Å². The lowest BCUT2D eigenvalue weighted by molar-refractivity contribution is 0.779. The van der Waals surface area contributed by atoms with Crippen molar-refractivity contribution in [2.75, 3.05) is 30.9 Å². The maximum atomic E-state index is 6.29. The van der Waals surface area contributed by atoms with E-state index in [0.717, 1.165) is 46.3 Å². The Labute approximate surface area is 165 Å². The Bertz CT molecular complexity index is 957. The molecule has 0 atom stereocenters. The highest BCUT2D eigenvalue weighted by Crippen LogP contribution is 2.35. The second-order valence-electron chi connectivity index (χ2n) is 7.34. The Hall–Kier alpha value is -2.46. The standard InChI is InChI=1S/C22H25ClN4/c1-15-7-10-17(23)14-20(15)27-22-19(6-4-5-13-24-22)21(25-27)16-8-11-18(12-9-16)26(2)3/h7-12,14,24H,4-6,13H2,1-3H3. The molecule has 0 aliphatic carbocycles. The van der Waals surface area contributed by atoms with Crippen molar-refractivity contribution in [3.8, 4) is 16.9 Å². The smallest absolute Gasteiger partial charge is 0.133 e. The molecule has 3 aromatic rings. The molecule has 0 radical (unpaired) electrons. The molecule has 1 aromatic heterocycles. The Morgan fingerprint density at radius 1 is 1.07 bits per heavy atom. The maximum absolute atomic E-state index is 6.29. The summed E-state index contributed by atoms with van der Waals surface area (Å²) in [6.45, 7) is 3.07. The molecule has 27 heavy (non-hydrogen) atoms. The SMILES string of the molecule is Cc1ccc(Cl)cc1-n1nc(-c2ccc(N(C)C)cc2)c2c1NCCCC2. The van der Waals surface area contributed by atoms with Crippen molar-refractivity contribution in [1.29, 1.82) is 0 Å². The van der Waals surface area contributed by atoms with Crippen LogP contribution in [0.3, 0.4) is 0 Å². The van der Waals surface area contributed by atoms with Crippen LogP contribution in [0.1, 0.15) is 24.0 Å². The van der Waals surface area contributed by atoms with E-state index in [-0.39, 0.29) is 0 Å². The molecule has 0 unspecified atom stereocenters. The van der Waals surface area contributed by atoms with Gasteiger partial charge in [0.2, 0.25) is 0 Å². The van der Waals surface area contributed by atoms with Gasteiger partial charge in [0.05, 0.1) is 11.4 Å². The Morgan fingerprint density at radius 2 is 1.85 bits per heavy atom. The quantitative estimate of drug-likeness (QED) is 0.667. The fraction of sp³-hybridized carbons (Fsp3) is 0.318. The monoisotopic (exact) mass is 380 g/mol. The van der Waals surface area contributed by atoms with Gasteiger partial charge in [-0.2, -0.15) is 5.10 Å². The predicted molar refractivity (Wildman–Crippen MR) is 115 cm³/mol. The van der Waals surface area contributed by atoms with Crippen molar-refractivity contribution in [2.45, 2.75) is 26.2 Å². The van der Waals surface area contributed by atoms with Crippen LogP contribution in [0.5, 0.6) is 0 Å². The fourth-order valence-corrected chi connectivity index (χ4v) is 3.80. The summed E-state index contributed by atoms with van der Waals surface area (Å²) in [4.78, 5) is 2.11. The molecule has 0 fully saturated rings. The number of hydrogen-bond acceptors (Lipinski definition) is 3. The number of nitrogens with one attached hydrogen (secondary N) is 1. The van der Waals surface area contributed by atoms with Gasteiger partial charge in [-0.15, -0.1) is 0 Å². The number of hydrogen-bond donors (Lipinski definition) is 1. The van der Waals surface area contributed by atoms with E-state index in [9.17, 15) is 0 Å². The molecule has 4 rings (SSSR count). The first kappa shape index (κ1) is 17.9. The van der Waals surface area contributed by atoms with Gasteiger partial charge in [-0.25, -0.2) is 4.68 Å². The molecule has 140 valence electrons. The van der Waals surface area contributed by atoms with Crippen molar-refractivity contribution in [3.63, 3.8) is 0 Å². The van der Waals surface area contributed by atoms with Crippen molar-refractivity contribution < 1.29 is 0 Å². The van der Waals surface area contributed by atoms with Crippen LogP contribution in [-0.4, -0.2) is 30.4 Å². The van der Waals surface area contributed by atoms with Crippen LogP contribution < -0.4 is 10.2 Å². The maximum Gasteiger partial charge on any atom is 0.133 e. The van der Waals surface area contributed by atoms with Crippen LogP contribution in [0.25, 0.3) is 16.9 Å². The molecule has 0 bridgehead atoms. The molecule has 0 saturated heterocycles. The minimum atomic E-state index is 0.727. The van der Waals surface area contributed by atoms with Gasteiger partial charge in [0.1, 0.15) is 5.82 Å². The van der Waals surface area contributed by atoms with E-state index >= 15 is 0 Å². The van der Waals surface area contributed by atoms with Gasteiger partial charge in [0.15, 0.2) is 0 Å². The van der Waals surface area contributed by atoms with Gasteiger partial charge in [-0.3, -0.25) is 0 Å². The summed E-state index contributed by atoms with van der Waals surface area (Å²) < 4.78 is 2.04. The van der Waals surface area contributed by atoms with Crippen molar-refractivity contribution >= 4 is 23.1 Å². The third-order valence-corrected chi connectivity index (χ3v) is 5.42. The number of aryl methyl sites for hydroxylation is 1. The molecule has 1 aliphatic rings. The highest BCUT2D eigenvalue weighted by atomic mass is 35.5. The summed E-state index contributed by atoms with van der Waals surface area (Å²) in [6, 6.07) is 14.6. The lowest BCUT2D eigenvalue weighted by Gasteiger charge is -2.12. The highest BCUT2D eigenvalue weighted by Gasteiger charge is 2.22. The van der Waals surface area contributed by atoms with Gasteiger partial charge in [0, 0.05) is 42.5 Å². The van der Waals surface area contributed by atoms with E-state index in [1.54, 1.807) is 0 Å². The molecule has 2 heterocycles. The third kappa shape index (κ3) is 3.42. The molecule has 2 aromatic carbocycles. The first-order chi connectivity index (χ1) is 13.0. The van der Waals surface area contributed by atoms with Gasteiger partial charge in [0.25, 0.3) is 0 Å². The molecule has 4 nitrogen and oxygen atoms in total. The summed E-state index contributed by atoms with van der Waals surface area (Å²) in [7, 11) is 4.11. The molecule has 1 N–H and O–H groups in total. The van der Waals surface area contributed by atoms with E-state index < -0.39 is 0 Å². The van der Waals surface area contributed by atoms with E-state index in [0.29, 0.717) is 0 Å². The first-order valence-electron chi connectivity index (χ1n) is 9.44. The summed E-state index contributed by atoms with van der Waals surface area (Å²) in [5.74, 6) is 1.10. The molecule has 0 spiro atoms. The molecule has 1 aliphatic heterocycles. The molecule has 0 saturated carbocycles. The minimum absolute atomic E-state index is 0.727. The topological polar surface area (TPSA) is 33.1 Å². The Morgan fingerprint density at radius 3 is 2.59 bits per heavy atom. The number of fused-ring (bicyclic) bond motifs is 1. The van der Waals surface area contributed by atoms with Crippen molar-refractivity contribution in [3.05, 3.63) is 58.6 Å². The second-order valence-corrected chi connectivity index (χ2v) is 7.78. The zero-order valence-electron chi connectivity index (χ0n) is 16.1. The number of benzene rings is 2. The Kier molecular flexibility index (Phi) is 4.83. The average molecular weight is 381 g/mol. The van der Waals surface area contributed by atoms with Gasteiger partial charge >= 0.3 is 0 Å². The van der Waals surface area contributed by atoms with Crippen LogP contribution in [-0.2, 0) is 6.42 Å². The summed E-state index contributed by atoms with van der Waals surface area (Å²) >= 11 is 6.29. The molecule has 5 heteroatoms. The summed E-state index contributed by atoms with van der Waals surface area (Å²) in [5, 5.41) is 9.37. The van der Waals surface area contributed by atoms with Gasteiger partial charge in [-0.05, 0) is 56.0 Å². The van der Waals surface area contributed by atoms with E-state index in [1.165, 1.54) is 24.1 Å². The molecule has 0 amide bonds. The van der Waals surface area contributed by atoms with Gasteiger partial charge < -0.3 is 10.2 Å². The summed E-state index contributed by atoms with van der Waals surface area (Å²) in [5.41, 5.74) is 6.88. The van der Waals surface area contributed by atoms with Crippen molar-refractivity contribution in [2.24, 2.45) is 0 Å². The lowest BCUT2D eigenvalue weighted by atomic mass is 10.0. The molecular formula is C22H25ClN4. The lowest BCUT2D eigenvalue weighted by Crippen LogP contribution is -2.08. The predicted octanol–water partition coefficient (Wildman–Crippen LogP) is 5.32. The number of anilines is 2. The van der Waals surface area contributed by atoms with Crippen LogP contribution in [0.15, 0.2) is 42.5 Å². The molecular weight excluding hydrogens is 356 g/mol. The number of rotatable bonds is 3. The normalized spacial score (nSPS) is 13.6. The fourth-order valence-electron chi connectivity index (χ4n) is 3.64. The Balaban J connectivity index is 1.88. The first-order valence-corrected chi connectivity index (χ1v) is 9.82. The van der Waals surface area contributed by atoms with Gasteiger partial charge in [-0.1, -0.05) is 29.8 Å². The zero-order chi connectivity index (χ0) is 19.0. The number of halogens is 1. The van der Waals surface area contributed by atoms with Crippen LogP contribution in [0.2, 0.25) is 5.02 Å². The van der Waals surface area contributed by atoms with Crippen LogP contribution in [0.4, 0.5) is 11.5 Å². The average Bonchev–Trinajstić information content (AvgIpc) is 2.85. The number of nitrogens with zero attached hydrogens (tertiary/aromatic N) is 3. The van der Waals surface area contributed by atoms with E-state index in [2.05, 4.69) is 55.5 Å². The summed E-state index contributed by atoms with van der Waals surface area (Å²) in [6.07, 6.45) is 3.37.